The zero-order valence-corrected chi connectivity index (χ0v) is 16.1. The fraction of sp³-hybridized carbons (Fsp3) is 0.556. The van der Waals surface area contributed by atoms with E-state index in [9.17, 15) is 18.0 Å². The third kappa shape index (κ3) is 5.81. The van der Waals surface area contributed by atoms with Crippen molar-refractivity contribution in [2.75, 3.05) is 25.4 Å². The summed E-state index contributed by atoms with van der Waals surface area (Å²) in [5.74, 6) is -1.36. The summed E-state index contributed by atoms with van der Waals surface area (Å²) in [6.07, 6.45) is -0.435. The molecule has 0 saturated carbocycles. The number of hydrogen-bond donors (Lipinski definition) is 0. The maximum absolute atomic E-state index is 12.2. The van der Waals surface area contributed by atoms with Crippen molar-refractivity contribution in [2.24, 2.45) is 0 Å². The number of rotatable bonds is 6. The van der Waals surface area contributed by atoms with E-state index in [1.165, 1.54) is 12.1 Å². The van der Waals surface area contributed by atoms with Crippen LogP contribution in [0, 0.1) is 6.92 Å². The van der Waals surface area contributed by atoms with Gasteiger partial charge in [-0.2, -0.15) is 0 Å². The van der Waals surface area contributed by atoms with Crippen LogP contribution in [0.3, 0.4) is 0 Å². The molecule has 0 spiro atoms. The van der Waals surface area contributed by atoms with Crippen molar-refractivity contribution < 1.29 is 27.5 Å². The third-order valence-electron chi connectivity index (χ3n) is 4.08. The molecule has 0 radical (unpaired) electrons. The average Bonchev–Trinajstić information content (AvgIpc) is 2.57. The van der Waals surface area contributed by atoms with Gasteiger partial charge in [0.2, 0.25) is 0 Å². The van der Waals surface area contributed by atoms with Crippen LogP contribution in [0.2, 0.25) is 0 Å². The van der Waals surface area contributed by atoms with E-state index in [1.807, 2.05) is 20.8 Å². The first kappa shape index (κ1) is 20.4. The van der Waals surface area contributed by atoms with E-state index in [1.54, 1.807) is 17.0 Å². The highest BCUT2D eigenvalue weighted by molar-refractivity contribution is 7.91. The minimum Gasteiger partial charge on any atom is -0.456 e. The van der Waals surface area contributed by atoms with Crippen LogP contribution in [0.4, 0.5) is 0 Å². The molecule has 0 aromatic heterocycles. The molecule has 144 valence electrons. The van der Waals surface area contributed by atoms with Crippen LogP contribution >= 0.6 is 0 Å². The summed E-state index contributed by atoms with van der Waals surface area (Å²) in [7, 11) is -3.56. The van der Waals surface area contributed by atoms with E-state index in [0.29, 0.717) is 13.1 Å². The second-order valence-corrected chi connectivity index (χ2v) is 8.71. The van der Waals surface area contributed by atoms with Crippen LogP contribution in [-0.2, 0) is 28.9 Å². The van der Waals surface area contributed by atoms with Crippen LogP contribution in [0.25, 0.3) is 0 Å². The number of aryl methyl sites for hydroxylation is 1. The molecule has 0 aliphatic carbocycles. The maximum atomic E-state index is 12.2. The molecule has 7 nitrogen and oxygen atoms in total. The Kier molecular flexibility index (Phi) is 6.77. The molecule has 0 bridgehead atoms. The van der Waals surface area contributed by atoms with Crippen LogP contribution < -0.4 is 0 Å². The van der Waals surface area contributed by atoms with Crippen LogP contribution in [0.5, 0.6) is 0 Å². The summed E-state index contributed by atoms with van der Waals surface area (Å²) in [5.41, 5.74) is 0.952. The minimum absolute atomic E-state index is 0.0712. The van der Waals surface area contributed by atoms with Crippen molar-refractivity contribution in [2.45, 2.75) is 44.3 Å². The number of amides is 1. The molecular formula is C18H25NO6S. The van der Waals surface area contributed by atoms with Gasteiger partial charge >= 0.3 is 5.97 Å². The zero-order chi connectivity index (χ0) is 19.3. The van der Waals surface area contributed by atoms with Crippen LogP contribution in [0.15, 0.2) is 29.2 Å². The Morgan fingerprint density at radius 3 is 2.31 bits per heavy atom. The summed E-state index contributed by atoms with van der Waals surface area (Å²) in [4.78, 5) is 25.7. The van der Waals surface area contributed by atoms with Crippen molar-refractivity contribution in [3.63, 3.8) is 0 Å². The van der Waals surface area contributed by atoms with Gasteiger partial charge in [-0.25, -0.2) is 8.42 Å². The van der Waals surface area contributed by atoms with Gasteiger partial charge in [-0.1, -0.05) is 17.7 Å². The Hall–Kier alpha value is -1.93. The van der Waals surface area contributed by atoms with Gasteiger partial charge in [0.1, 0.15) is 0 Å². The largest absolute Gasteiger partial charge is 0.456 e. The fourth-order valence-electron chi connectivity index (χ4n) is 2.77. The lowest BCUT2D eigenvalue weighted by Crippen LogP contribution is -2.49. The van der Waals surface area contributed by atoms with Gasteiger partial charge in [0.15, 0.2) is 16.4 Å². The number of ether oxygens (including phenoxy) is 2. The highest BCUT2D eigenvalue weighted by Crippen LogP contribution is 2.14. The van der Waals surface area contributed by atoms with E-state index in [4.69, 9.17) is 9.47 Å². The molecule has 2 atom stereocenters. The molecule has 1 fully saturated rings. The predicted molar refractivity (Wildman–Crippen MR) is 95.4 cm³/mol. The zero-order valence-electron chi connectivity index (χ0n) is 15.3. The third-order valence-corrected chi connectivity index (χ3v) is 5.82. The number of nitrogens with zero attached hydrogens (tertiary/aromatic N) is 1. The first-order valence-corrected chi connectivity index (χ1v) is 10.2. The predicted octanol–water partition coefficient (Wildman–Crippen LogP) is 1.34. The Balaban J connectivity index is 1.79. The molecule has 1 aromatic carbocycles. The molecule has 1 heterocycles. The number of carbonyl (C=O) groups excluding carboxylic acids is 2. The second-order valence-electron chi connectivity index (χ2n) is 6.60. The molecule has 1 saturated heterocycles. The highest BCUT2D eigenvalue weighted by atomic mass is 32.2. The first-order valence-electron chi connectivity index (χ1n) is 8.55. The molecule has 8 heteroatoms. The van der Waals surface area contributed by atoms with Crippen molar-refractivity contribution in [1.82, 2.24) is 4.90 Å². The summed E-state index contributed by atoms with van der Waals surface area (Å²) < 4.78 is 34.9. The fourth-order valence-corrected chi connectivity index (χ4v) is 3.99. The summed E-state index contributed by atoms with van der Waals surface area (Å²) in [5, 5.41) is 0. The maximum Gasteiger partial charge on any atom is 0.307 e. The normalized spacial score (nSPS) is 20.7. The molecule has 1 aliphatic heterocycles. The molecule has 0 unspecified atom stereocenters. The summed E-state index contributed by atoms with van der Waals surface area (Å²) in [6, 6.07) is 6.43. The standard InChI is InChI=1S/C18H25NO6S/c1-13-4-6-16(7-5-13)26(22,23)9-8-18(21)24-12-17(20)19-10-14(2)25-15(3)11-19/h4-7,14-15H,8-12H2,1-3H3/t14-,15-/m0/s1. The molecule has 1 amide bonds. The number of hydrogen-bond acceptors (Lipinski definition) is 6. The highest BCUT2D eigenvalue weighted by Gasteiger charge is 2.26. The van der Waals surface area contributed by atoms with Gasteiger partial charge in [-0.3, -0.25) is 9.59 Å². The number of esters is 1. The van der Waals surface area contributed by atoms with E-state index < -0.39 is 15.8 Å². The quantitative estimate of drug-likeness (QED) is 0.689. The SMILES string of the molecule is Cc1ccc(S(=O)(=O)CCC(=O)OCC(=O)N2C[C@H](C)O[C@@H](C)C2)cc1. The van der Waals surface area contributed by atoms with Gasteiger partial charge in [-0.05, 0) is 32.9 Å². The first-order chi connectivity index (χ1) is 12.2. The van der Waals surface area contributed by atoms with Gasteiger partial charge in [0.25, 0.3) is 5.91 Å². The molecule has 1 aliphatic rings. The van der Waals surface area contributed by atoms with Crippen molar-refractivity contribution in [3.05, 3.63) is 29.8 Å². The Bertz CT molecular complexity index is 733. The summed E-state index contributed by atoms with van der Waals surface area (Å²) >= 11 is 0. The van der Waals surface area contributed by atoms with Gasteiger partial charge in [0.05, 0.1) is 29.3 Å². The van der Waals surface area contributed by atoms with Gasteiger partial charge in [-0.15, -0.1) is 0 Å². The lowest BCUT2D eigenvalue weighted by atomic mass is 10.2. The molecular weight excluding hydrogens is 358 g/mol. The molecule has 1 aromatic rings. The lowest BCUT2D eigenvalue weighted by molar-refractivity contribution is -0.156. The lowest BCUT2D eigenvalue weighted by Gasteiger charge is -2.35. The van der Waals surface area contributed by atoms with E-state index in [0.717, 1.165) is 5.56 Å². The number of carbonyl (C=O) groups is 2. The van der Waals surface area contributed by atoms with Gasteiger partial charge in [0, 0.05) is 13.1 Å². The number of sulfone groups is 1. The number of morpholine rings is 1. The van der Waals surface area contributed by atoms with Crippen molar-refractivity contribution >= 4 is 21.7 Å². The Labute approximate surface area is 154 Å². The van der Waals surface area contributed by atoms with Crippen LogP contribution in [0.1, 0.15) is 25.8 Å². The topological polar surface area (TPSA) is 90.0 Å². The molecule has 2 rings (SSSR count). The van der Waals surface area contributed by atoms with E-state index in [-0.39, 0.29) is 41.8 Å². The van der Waals surface area contributed by atoms with E-state index in [2.05, 4.69) is 0 Å². The second kappa shape index (κ2) is 8.64. The minimum atomic E-state index is -3.56. The van der Waals surface area contributed by atoms with Gasteiger partial charge < -0.3 is 14.4 Å². The van der Waals surface area contributed by atoms with Crippen molar-refractivity contribution in [3.8, 4) is 0 Å². The van der Waals surface area contributed by atoms with Crippen LogP contribution in [-0.4, -0.2) is 62.9 Å². The monoisotopic (exact) mass is 383 g/mol. The smallest absolute Gasteiger partial charge is 0.307 e. The Morgan fingerprint density at radius 2 is 1.73 bits per heavy atom. The Morgan fingerprint density at radius 1 is 1.15 bits per heavy atom. The average molecular weight is 383 g/mol. The van der Waals surface area contributed by atoms with Crippen molar-refractivity contribution in [1.29, 1.82) is 0 Å². The summed E-state index contributed by atoms with van der Waals surface area (Å²) in [6.45, 7) is 6.12. The van der Waals surface area contributed by atoms with E-state index >= 15 is 0 Å². The molecule has 26 heavy (non-hydrogen) atoms. The number of benzene rings is 1. The molecule has 0 N–H and O–H groups in total.